The topological polar surface area (TPSA) is 72.7 Å². The normalized spacial score (nSPS) is 17.8. The van der Waals surface area contributed by atoms with Gasteiger partial charge in [0, 0.05) is 12.1 Å². The molecular formula is C25H47NO3. The molecule has 170 valence electrons. The Balaban J connectivity index is 1.84. The Labute approximate surface area is 179 Å². The highest BCUT2D eigenvalue weighted by atomic mass is 16.3. The van der Waals surface area contributed by atoms with Gasteiger partial charge in [0.05, 0.1) is 12.2 Å². The van der Waals surface area contributed by atoms with Crippen molar-refractivity contribution in [2.75, 3.05) is 13.1 Å². The average Bonchev–Trinajstić information content (AvgIpc) is 2.70. The van der Waals surface area contributed by atoms with Crippen LogP contribution in [0.1, 0.15) is 110 Å². The van der Waals surface area contributed by atoms with Crippen LogP contribution < -0.4 is 5.32 Å². The second-order valence-electron chi connectivity index (χ2n) is 8.70. The number of hydrogen-bond acceptors (Lipinski definition) is 4. The monoisotopic (exact) mass is 409 g/mol. The molecule has 4 nitrogen and oxygen atoms in total. The summed E-state index contributed by atoms with van der Waals surface area (Å²) in [7, 11) is 0. The van der Waals surface area contributed by atoms with E-state index < -0.39 is 6.10 Å². The van der Waals surface area contributed by atoms with Gasteiger partial charge < -0.3 is 20.6 Å². The van der Waals surface area contributed by atoms with Crippen LogP contribution in [-0.2, 0) is 0 Å². The van der Waals surface area contributed by atoms with E-state index >= 15 is 0 Å². The lowest BCUT2D eigenvalue weighted by Crippen LogP contribution is -2.27. The van der Waals surface area contributed by atoms with Crippen LogP contribution in [0.5, 0.6) is 0 Å². The summed E-state index contributed by atoms with van der Waals surface area (Å²) < 4.78 is 0. The maximum atomic E-state index is 10.0. The second kappa shape index (κ2) is 18.0. The first-order valence-electron chi connectivity index (χ1n) is 12.3. The molecule has 0 radical (unpaired) electrons. The summed E-state index contributed by atoms with van der Waals surface area (Å²) in [6.07, 6.45) is 21.2. The number of unbranched alkanes of at least 4 members (excludes halogenated alkanes) is 11. The van der Waals surface area contributed by atoms with E-state index in [4.69, 9.17) is 0 Å². The second-order valence-corrected chi connectivity index (χ2v) is 8.70. The summed E-state index contributed by atoms with van der Waals surface area (Å²) in [6.45, 7) is 4.02. The fraction of sp³-hybridized carbons (Fsp3) is 0.840. The Kier molecular flexibility index (Phi) is 16.2. The molecule has 0 spiro atoms. The molecule has 29 heavy (non-hydrogen) atoms. The first kappa shape index (κ1) is 26.2. The molecular weight excluding hydrogens is 362 g/mol. The van der Waals surface area contributed by atoms with Crippen LogP contribution in [0.4, 0.5) is 0 Å². The fourth-order valence-corrected chi connectivity index (χ4v) is 4.00. The molecule has 2 unspecified atom stereocenters. The van der Waals surface area contributed by atoms with Gasteiger partial charge in [0.1, 0.15) is 5.76 Å². The highest BCUT2D eigenvalue weighted by molar-refractivity contribution is 5.27. The zero-order chi connectivity index (χ0) is 21.2. The van der Waals surface area contributed by atoms with Crippen molar-refractivity contribution in [3.8, 4) is 0 Å². The minimum atomic E-state index is -0.494. The van der Waals surface area contributed by atoms with Crippen molar-refractivity contribution in [2.24, 2.45) is 0 Å². The largest absolute Gasteiger partial charge is 0.508 e. The van der Waals surface area contributed by atoms with Gasteiger partial charge in [-0.15, -0.1) is 0 Å². The van der Waals surface area contributed by atoms with Gasteiger partial charge in [0.2, 0.25) is 0 Å². The van der Waals surface area contributed by atoms with E-state index in [-0.39, 0.29) is 11.9 Å². The van der Waals surface area contributed by atoms with E-state index in [1.807, 2.05) is 6.08 Å². The molecule has 0 amide bonds. The molecule has 4 heteroatoms. The van der Waals surface area contributed by atoms with Crippen LogP contribution >= 0.6 is 0 Å². The highest BCUT2D eigenvalue weighted by Gasteiger charge is 2.16. The van der Waals surface area contributed by atoms with Crippen molar-refractivity contribution >= 4 is 0 Å². The van der Waals surface area contributed by atoms with Gasteiger partial charge in [0.25, 0.3) is 0 Å². The lowest BCUT2D eigenvalue weighted by molar-refractivity contribution is 0.158. The molecule has 0 aromatic carbocycles. The van der Waals surface area contributed by atoms with Crippen molar-refractivity contribution in [1.29, 1.82) is 0 Å². The summed E-state index contributed by atoms with van der Waals surface area (Å²) in [6, 6.07) is 0. The van der Waals surface area contributed by atoms with Crippen molar-refractivity contribution < 1.29 is 15.3 Å². The first-order chi connectivity index (χ1) is 14.1. The zero-order valence-corrected chi connectivity index (χ0v) is 18.9. The maximum absolute atomic E-state index is 10.0. The molecule has 4 N–H and O–H groups in total. The number of hydrogen-bond donors (Lipinski definition) is 4. The Morgan fingerprint density at radius 2 is 1.55 bits per heavy atom. The SMILES string of the molecule is CCCCCCCCNCC(O)CCCCCCCCCC1=C(O)C=CCC1O. The van der Waals surface area contributed by atoms with Crippen molar-refractivity contribution in [3.63, 3.8) is 0 Å². The van der Waals surface area contributed by atoms with Gasteiger partial charge in [-0.05, 0) is 44.7 Å². The van der Waals surface area contributed by atoms with Gasteiger partial charge in [-0.2, -0.15) is 0 Å². The van der Waals surface area contributed by atoms with Gasteiger partial charge in [-0.1, -0.05) is 83.6 Å². The van der Waals surface area contributed by atoms with Gasteiger partial charge in [-0.25, -0.2) is 0 Å². The van der Waals surface area contributed by atoms with Crippen LogP contribution in [0.3, 0.4) is 0 Å². The molecule has 0 bridgehead atoms. The Hall–Kier alpha value is -0.840. The molecule has 0 heterocycles. The smallest absolute Gasteiger partial charge is 0.117 e. The van der Waals surface area contributed by atoms with Crippen LogP contribution in [0.25, 0.3) is 0 Å². The summed E-state index contributed by atoms with van der Waals surface area (Å²) in [4.78, 5) is 0. The van der Waals surface area contributed by atoms with E-state index in [2.05, 4.69) is 12.2 Å². The maximum Gasteiger partial charge on any atom is 0.117 e. The number of aliphatic hydroxyl groups is 3. The van der Waals surface area contributed by atoms with Crippen LogP contribution in [-0.4, -0.2) is 40.6 Å². The lowest BCUT2D eigenvalue weighted by atomic mass is 9.94. The molecule has 1 aliphatic carbocycles. The molecule has 0 aromatic rings. The number of rotatable bonds is 19. The van der Waals surface area contributed by atoms with E-state index in [0.717, 1.165) is 50.8 Å². The van der Waals surface area contributed by atoms with Gasteiger partial charge in [0.15, 0.2) is 0 Å². The summed E-state index contributed by atoms with van der Waals surface area (Å²) in [5.41, 5.74) is 0.812. The lowest BCUT2D eigenvalue weighted by Gasteiger charge is -2.18. The van der Waals surface area contributed by atoms with E-state index in [9.17, 15) is 15.3 Å². The van der Waals surface area contributed by atoms with Crippen molar-refractivity contribution in [3.05, 3.63) is 23.5 Å². The third-order valence-electron chi connectivity index (χ3n) is 5.94. The molecule has 1 rings (SSSR count). The van der Waals surface area contributed by atoms with Gasteiger partial charge in [-0.3, -0.25) is 0 Å². The van der Waals surface area contributed by atoms with Crippen molar-refractivity contribution in [2.45, 2.75) is 122 Å². The molecule has 1 aliphatic rings. The number of nitrogens with one attached hydrogen (secondary N) is 1. The summed E-state index contributed by atoms with van der Waals surface area (Å²) in [5, 5.41) is 33.2. The fourth-order valence-electron chi connectivity index (χ4n) is 4.00. The Bertz CT molecular complexity index is 447. The van der Waals surface area contributed by atoms with Gasteiger partial charge >= 0.3 is 0 Å². The van der Waals surface area contributed by atoms with E-state index in [1.54, 1.807) is 6.08 Å². The number of allylic oxidation sites excluding steroid dienone is 1. The first-order valence-corrected chi connectivity index (χ1v) is 12.3. The number of aliphatic hydroxyl groups excluding tert-OH is 3. The average molecular weight is 410 g/mol. The minimum absolute atomic E-state index is 0.202. The zero-order valence-electron chi connectivity index (χ0n) is 18.9. The molecule has 2 atom stereocenters. The Morgan fingerprint density at radius 1 is 0.931 bits per heavy atom. The predicted molar refractivity (Wildman–Crippen MR) is 123 cm³/mol. The van der Waals surface area contributed by atoms with E-state index in [1.165, 1.54) is 64.2 Å². The summed E-state index contributed by atoms with van der Waals surface area (Å²) >= 11 is 0. The molecule has 0 saturated carbocycles. The third kappa shape index (κ3) is 13.9. The third-order valence-corrected chi connectivity index (χ3v) is 5.94. The quantitative estimate of drug-likeness (QED) is 0.199. The summed E-state index contributed by atoms with van der Waals surface area (Å²) in [5.74, 6) is 0.267. The van der Waals surface area contributed by atoms with Crippen LogP contribution in [0.2, 0.25) is 0 Å². The standard InChI is InChI=1S/C25H47NO3/c1-2-3-4-5-11-14-20-26-21-22(27)16-12-9-7-6-8-10-13-17-23-24(28)18-15-19-25(23)29/h15,18,22,25-29H,2-14,16-17,19-21H2,1H3. The molecule has 0 saturated heterocycles. The van der Waals surface area contributed by atoms with Crippen LogP contribution in [0, 0.1) is 0 Å². The molecule has 0 aliphatic heterocycles. The van der Waals surface area contributed by atoms with E-state index in [0.29, 0.717) is 6.42 Å². The van der Waals surface area contributed by atoms with Crippen molar-refractivity contribution in [1.82, 2.24) is 5.32 Å². The molecule has 0 fully saturated rings. The Morgan fingerprint density at radius 3 is 2.24 bits per heavy atom. The highest BCUT2D eigenvalue weighted by Crippen LogP contribution is 2.23. The van der Waals surface area contributed by atoms with Crippen LogP contribution in [0.15, 0.2) is 23.5 Å². The minimum Gasteiger partial charge on any atom is -0.508 e. The molecule has 0 aromatic heterocycles. The predicted octanol–water partition coefficient (Wildman–Crippen LogP) is 5.94.